The number of halogens is 3. The van der Waals surface area contributed by atoms with Crippen molar-refractivity contribution >= 4 is 37.5 Å². The third kappa shape index (κ3) is 7.98. The summed E-state index contributed by atoms with van der Waals surface area (Å²) in [6.45, 7) is 2.11. The molecule has 0 fully saturated rings. The number of fused-ring (bicyclic) bond motifs is 1. The van der Waals surface area contributed by atoms with Crippen LogP contribution in [0, 0.1) is 6.92 Å². The van der Waals surface area contributed by atoms with Crippen LogP contribution < -0.4 is 9.64 Å². The number of nitrogens with zero attached hydrogens (tertiary/aromatic N) is 3. The van der Waals surface area contributed by atoms with Crippen LogP contribution in [0.4, 0.5) is 19.0 Å². The van der Waals surface area contributed by atoms with Gasteiger partial charge in [-0.2, -0.15) is 21.6 Å². The standard InChI is InChI=1S/C32H30F3N3O5S2/c1-21-4-9-25(10-5-21)45(39,40)43-17-15-41-14-16-42-24-8-12-28-29(19-24)44-31(37-28)26-11-6-22(18-27(26)32(33,34)35)23-7-13-30(36-20-23)38(2)3/h4-13,18-20H,14-17H2,1-3H3. The Bertz CT molecular complexity index is 1880. The highest BCUT2D eigenvalue weighted by molar-refractivity contribution is 7.86. The number of alkyl halides is 3. The van der Waals surface area contributed by atoms with E-state index in [1.807, 2.05) is 25.9 Å². The Morgan fingerprint density at radius 2 is 1.60 bits per heavy atom. The van der Waals surface area contributed by atoms with E-state index in [9.17, 15) is 21.6 Å². The molecule has 2 heterocycles. The molecule has 0 radical (unpaired) electrons. The van der Waals surface area contributed by atoms with Crippen molar-refractivity contribution in [3.8, 4) is 27.4 Å². The number of anilines is 1. The molecule has 0 saturated heterocycles. The van der Waals surface area contributed by atoms with Gasteiger partial charge in [-0.25, -0.2) is 9.97 Å². The van der Waals surface area contributed by atoms with Gasteiger partial charge in [-0.1, -0.05) is 29.8 Å². The van der Waals surface area contributed by atoms with Crippen LogP contribution in [0.5, 0.6) is 5.75 Å². The zero-order valence-corrected chi connectivity index (χ0v) is 26.3. The molecule has 0 bridgehead atoms. The number of pyridine rings is 1. The van der Waals surface area contributed by atoms with Crippen LogP contribution in [0.2, 0.25) is 0 Å². The first-order valence-electron chi connectivity index (χ1n) is 13.8. The quantitative estimate of drug-likeness (QED) is 0.103. The first-order chi connectivity index (χ1) is 21.4. The van der Waals surface area contributed by atoms with Gasteiger partial charge in [0.15, 0.2) is 0 Å². The second-order valence-corrected chi connectivity index (χ2v) is 12.9. The highest BCUT2D eigenvalue weighted by Gasteiger charge is 2.35. The lowest BCUT2D eigenvalue weighted by molar-refractivity contribution is -0.137. The smallest absolute Gasteiger partial charge is 0.417 e. The molecule has 2 aromatic heterocycles. The van der Waals surface area contributed by atoms with Gasteiger partial charge >= 0.3 is 6.18 Å². The van der Waals surface area contributed by atoms with Crippen LogP contribution in [-0.2, 0) is 25.2 Å². The minimum atomic E-state index is -4.59. The van der Waals surface area contributed by atoms with E-state index in [1.165, 1.54) is 18.2 Å². The van der Waals surface area contributed by atoms with Crippen molar-refractivity contribution in [3.05, 3.63) is 90.1 Å². The molecule has 13 heteroatoms. The van der Waals surface area contributed by atoms with Gasteiger partial charge in [0.1, 0.15) is 23.2 Å². The second kappa shape index (κ2) is 13.5. The Morgan fingerprint density at radius 1 is 0.867 bits per heavy atom. The van der Waals surface area contributed by atoms with E-state index in [1.54, 1.807) is 54.7 Å². The molecule has 0 amide bonds. The highest BCUT2D eigenvalue weighted by Crippen LogP contribution is 2.42. The van der Waals surface area contributed by atoms with E-state index >= 15 is 0 Å². The number of hydrogen-bond donors (Lipinski definition) is 0. The molecule has 0 aliphatic rings. The van der Waals surface area contributed by atoms with Crippen LogP contribution >= 0.6 is 11.3 Å². The first-order valence-corrected chi connectivity index (χ1v) is 16.1. The molecule has 5 aromatic rings. The number of thiazole rings is 1. The summed E-state index contributed by atoms with van der Waals surface area (Å²) in [7, 11) is -0.189. The number of rotatable bonds is 12. The van der Waals surface area contributed by atoms with E-state index in [2.05, 4.69) is 9.97 Å². The van der Waals surface area contributed by atoms with Crippen molar-refractivity contribution in [3.63, 3.8) is 0 Å². The monoisotopic (exact) mass is 657 g/mol. The molecule has 0 N–H and O–H groups in total. The van der Waals surface area contributed by atoms with E-state index in [4.69, 9.17) is 13.7 Å². The van der Waals surface area contributed by atoms with Gasteiger partial charge in [0, 0.05) is 31.4 Å². The molecule has 0 aliphatic heterocycles. The molecule has 3 aromatic carbocycles. The van der Waals surface area contributed by atoms with Gasteiger partial charge in [-0.3, -0.25) is 4.18 Å². The molecule has 0 aliphatic carbocycles. The average Bonchev–Trinajstić information content (AvgIpc) is 3.43. The number of aryl methyl sites for hydroxylation is 1. The highest BCUT2D eigenvalue weighted by atomic mass is 32.2. The Balaban J connectivity index is 1.20. The zero-order valence-electron chi connectivity index (χ0n) is 24.7. The van der Waals surface area contributed by atoms with Crippen molar-refractivity contribution in [1.29, 1.82) is 0 Å². The van der Waals surface area contributed by atoms with Gasteiger partial charge in [0.2, 0.25) is 0 Å². The largest absolute Gasteiger partial charge is 0.491 e. The summed E-state index contributed by atoms with van der Waals surface area (Å²) >= 11 is 1.14. The van der Waals surface area contributed by atoms with Gasteiger partial charge in [-0.05, 0) is 61.0 Å². The van der Waals surface area contributed by atoms with E-state index in [0.29, 0.717) is 32.9 Å². The van der Waals surface area contributed by atoms with Gasteiger partial charge in [0.05, 0.1) is 40.5 Å². The summed E-state index contributed by atoms with van der Waals surface area (Å²) in [6, 6.07) is 19.1. The fourth-order valence-corrected chi connectivity index (χ4v) is 6.30. The summed E-state index contributed by atoms with van der Waals surface area (Å²) < 4.78 is 83.9. The summed E-state index contributed by atoms with van der Waals surface area (Å²) in [5.74, 6) is 1.20. The number of aromatic nitrogens is 2. The lowest BCUT2D eigenvalue weighted by Crippen LogP contribution is -2.14. The number of ether oxygens (including phenoxy) is 2. The van der Waals surface area contributed by atoms with Crippen molar-refractivity contribution in [2.24, 2.45) is 0 Å². The molecule has 236 valence electrons. The maximum atomic E-state index is 14.2. The number of benzene rings is 3. The Kier molecular flexibility index (Phi) is 9.73. The SMILES string of the molecule is Cc1ccc(S(=O)(=O)OCCOCCOc2ccc3nc(-c4ccc(-c5ccc(N(C)C)nc5)cc4C(F)(F)F)sc3c2)cc1. The number of hydrogen-bond acceptors (Lipinski definition) is 9. The van der Waals surface area contributed by atoms with E-state index < -0.39 is 21.9 Å². The summed E-state index contributed by atoms with van der Waals surface area (Å²) in [5.41, 5.74) is 1.68. The molecule has 5 rings (SSSR count). The topological polar surface area (TPSA) is 90.9 Å². The third-order valence-electron chi connectivity index (χ3n) is 6.73. The molecule has 45 heavy (non-hydrogen) atoms. The minimum Gasteiger partial charge on any atom is -0.491 e. The normalized spacial score (nSPS) is 12.0. The zero-order chi connectivity index (χ0) is 32.2. The molecule has 0 atom stereocenters. The molecular weight excluding hydrogens is 627 g/mol. The fraction of sp³-hybridized carbons (Fsp3) is 0.250. The Morgan fingerprint density at radius 3 is 2.29 bits per heavy atom. The van der Waals surface area contributed by atoms with Crippen LogP contribution in [0.15, 0.2) is 83.9 Å². The van der Waals surface area contributed by atoms with Crippen molar-refractivity contribution < 1.29 is 35.2 Å². The van der Waals surface area contributed by atoms with Gasteiger partial charge in [0.25, 0.3) is 10.1 Å². The van der Waals surface area contributed by atoms with Crippen molar-refractivity contribution in [2.75, 3.05) is 45.4 Å². The predicted molar refractivity (Wildman–Crippen MR) is 168 cm³/mol. The molecule has 0 unspecified atom stereocenters. The Hall–Kier alpha value is -4.04. The van der Waals surface area contributed by atoms with E-state index in [0.717, 1.165) is 23.0 Å². The summed E-state index contributed by atoms with van der Waals surface area (Å²) in [5, 5.41) is 0.242. The summed E-state index contributed by atoms with van der Waals surface area (Å²) in [4.78, 5) is 10.7. The fourth-order valence-electron chi connectivity index (χ4n) is 4.37. The lowest BCUT2D eigenvalue weighted by atomic mass is 10.00. The second-order valence-electron chi connectivity index (χ2n) is 10.3. The lowest BCUT2D eigenvalue weighted by Gasteiger charge is -2.14. The van der Waals surface area contributed by atoms with Crippen molar-refractivity contribution in [2.45, 2.75) is 18.0 Å². The van der Waals surface area contributed by atoms with Crippen LogP contribution in [0.25, 0.3) is 31.9 Å². The maximum absolute atomic E-state index is 14.2. The third-order valence-corrected chi connectivity index (χ3v) is 9.10. The van der Waals surface area contributed by atoms with Gasteiger partial charge < -0.3 is 14.4 Å². The van der Waals surface area contributed by atoms with Crippen LogP contribution in [0.1, 0.15) is 11.1 Å². The molecule has 8 nitrogen and oxygen atoms in total. The Labute approximate surface area is 263 Å². The first kappa shape index (κ1) is 32.4. The molecule has 0 saturated carbocycles. The average molecular weight is 658 g/mol. The predicted octanol–water partition coefficient (Wildman–Crippen LogP) is 7.22. The van der Waals surface area contributed by atoms with Crippen LogP contribution in [-0.4, -0.2) is 58.9 Å². The molecular formula is C32H30F3N3O5S2. The van der Waals surface area contributed by atoms with Crippen molar-refractivity contribution in [1.82, 2.24) is 9.97 Å². The van der Waals surface area contributed by atoms with Crippen LogP contribution in [0.3, 0.4) is 0 Å². The van der Waals surface area contributed by atoms with E-state index in [-0.39, 0.29) is 41.9 Å². The molecule has 0 spiro atoms. The maximum Gasteiger partial charge on any atom is 0.417 e. The minimum absolute atomic E-state index is 0.00667. The van der Waals surface area contributed by atoms with Gasteiger partial charge in [-0.15, -0.1) is 11.3 Å². The summed E-state index contributed by atoms with van der Waals surface area (Å²) in [6.07, 6.45) is -3.04.